The number of carbonyl (C=O) groups is 1. The number of ether oxygens (including phenoxy) is 1. The van der Waals surface area contributed by atoms with Crippen LogP contribution in [0.2, 0.25) is 0 Å². The molecule has 0 bridgehead atoms. The van der Waals surface area contributed by atoms with Gasteiger partial charge >= 0.3 is 6.09 Å². The summed E-state index contributed by atoms with van der Waals surface area (Å²) in [6.45, 7) is 2.70. The molecule has 5 nitrogen and oxygen atoms in total. The van der Waals surface area contributed by atoms with Crippen molar-refractivity contribution in [3.05, 3.63) is 90.6 Å². The molecule has 0 atom stereocenters. The molecule has 0 aliphatic heterocycles. The monoisotopic (exact) mass is 389 g/mol. The number of aromatic nitrogens is 2. The predicted octanol–water partition coefficient (Wildman–Crippen LogP) is 5.52. The van der Waals surface area contributed by atoms with E-state index in [1.165, 1.54) is 17.0 Å². The van der Waals surface area contributed by atoms with Crippen molar-refractivity contribution in [2.45, 2.75) is 13.5 Å². The van der Waals surface area contributed by atoms with E-state index in [1.54, 1.807) is 43.6 Å². The van der Waals surface area contributed by atoms with Crippen molar-refractivity contribution < 1.29 is 13.9 Å². The van der Waals surface area contributed by atoms with Gasteiger partial charge in [-0.3, -0.25) is 4.98 Å². The van der Waals surface area contributed by atoms with Gasteiger partial charge in [-0.05, 0) is 61.0 Å². The van der Waals surface area contributed by atoms with Crippen molar-refractivity contribution >= 4 is 28.4 Å². The molecule has 29 heavy (non-hydrogen) atoms. The van der Waals surface area contributed by atoms with Crippen LogP contribution in [0.4, 0.5) is 20.6 Å². The molecule has 2 heterocycles. The molecule has 146 valence electrons. The zero-order valence-electron chi connectivity index (χ0n) is 16.0. The zero-order chi connectivity index (χ0) is 20.2. The summed E-state index contributed by atoms with van der Waals surface area (Å²) in [4.78, 5) is 18.2. The molecule has 1 amide bonds. The quantitative estimate of drug-likeness (QED) is 0.452. The van der Waals surface area contributed by atoms with Crippen molar-refractivity contribution in [1.29, 1.82) is 0 Å². The predicted molar refractivity (Wildman–Crippen MR) is 111 cm³/mol. The Morgan fingerprint density at radius 3 is 2.52 bits per heavy atom. The lowest BCUT2D eigenvalue weighted by atomic mass is 10.2. The minimum atomic E-state index is -0.441. The summed E-state index contributed by atoms with van der Waals surface area (Å²) < 4.78 is 20.5. The first-order valence-corrected chi connectivity index (χ1v) is 9.36. The number of nitrogens with zero attached hydrogens (tertiary/aromatic N) is 3. The maximum atomic E-state index is 13.1. The van der Waals surface area contributed by atoms with E-state index in [4.69, 9.17) is 4.74 Å². The Morgan fingerprint density at radius 2 is 1.79 bits per heavy atom. The Kier molecular flexibility index (Phi) is 5.24. The SMILES string of the molecule is CCOC(=O)N(c1ccncc1)c1ccc2c(ccn2Cc2ccc(F)cc2)c1. The molecule has 4 rings (SSSR count). The summed E-state index contributed by atoms with van der Waals surface area (Å²) >= 11 is 0. The molecular weight excluding hydrogens is 369 g/mol. The summed E-state index contributed by atoms with van der Waals surface area (Å²) in [7, 11) is 0. The summed E-state index contributed by atoms with van der Waals surface area (Å²) in [6.07, 6.45) is 4.82. The van der Waals surface area contributed by atoms with Crippen molar-refractivity contribution in [1.82, 2.24) is 9.55 Å². The minimum Gasteiger partial charge on any atom is -0.449 e. The molecule has 2 aromatic carbocycles. The molecule has 0 spiro atoms. The standard InChI is InChI=1S/C23H20FN3O2/c1-2-29-23(28)27(20-9-12-25-13-10-20)21-7-8-22-18(15-21)11-14-26(22)16-17-3-5-19(24)6-4-17/h3-15H,2,16H2,1H3. The Bertz CT molecular complexity index is 1120. The second-order valence-corrected chi connectivity index (χ2v) is 6.55. The third kappa shape index (κ3) is 3.96. The lowest BCUT2D eigenvalue weighted by Gasteiger charge is -2.22. The normalized spacial score (nSPS) is 10.8. The molecule has 6 heteroatoms. The highest BCUT2D eigenvalue weighted by atomic mass is 19.1. The van der Waals surface area contributed by atoms with Crippen LogP contribution < -0.4 is 4.90 Å². The van der Waals surface area contributed by atoms with Crippen LogP contribution in [-0.4, -0.2) is 22.3 Å². The fourth-order valence-electron chi connectivity index (χ4n) is 3.29. The smallest absolute Gasteiger partial charge is 0.418 e. The Labute approximate surface area is 168 Å². The van der Waals surface area contributed by atoms with Crippen LogP contribution in [0.5, 0.6) is 0 Å². The van der Waals surface area contributed by atoms with Crippen LogP contribution in [0, 0.1) is 5.82 Å². The number of amides is 1. The largest absolute Gasteiger partial charge is 0.449 e. The molecule has 4 aromatic rings. The molecule has 0 aliphatic carbocycles. The Balaban J connectivity index is 1.69. The van der Waals surface area contributed by atoms with Crippen LogP contribution in [0.1, 0.15) is 12.5 Å². The summed E-state index contributed by atoms with van der Waals surface area (Å²) in [6, 6.07) is 17.8. The first-order valence-electron chi connectivity index (χ1n) is 9.36. The number of rotatable bonds is 5. The van der Waals surface area contributed by atoms with Gasteiger partial charge in [0.25, 0.3) is 0 Å². The van der Waals surface area contributed by atoms with Crippen molar-refractivity contribution in [2.24, 2.45) is 0 Å². The van der Waals surface area contributed by atoms with Crippen LogP contribution in [0.25, 0.3) is 10.9 Å². The number of anilines is 2. The van der Waals surface area contributed by atoms with Crippen molar-refractivity contribution in [3.63, 3.8) is 0 Å². The molecule has 0 N–H and O–H groups in total. The molecule has 0 saturated heterocycles. The van der Waals surface area contributed by atoms with Crippen LogP contribution in [0.15, 0.2) is 79.3 Å². The second-order valence-electron chi connectivity index (χ2n) is 6.55. The van der Waals surface area contributed by atoms with Gasteiger partial charge in [0.05, 0.1) is 18.0 Å². The van der Waals surface area contributed by atoms with Gasteiger partial charge in [0.15, 0.2) is 0 Å². The van der Waals surface area contributed by atoms with Crippen LogP contribution >= 0.6 is 0 Å². The highest BCUT2D eigenvalue weighted by Gasteiger charge is 2.20. The molecular formula is C23H20FN3O2. The van der Waals surface area contributed by atoms with E-state index >= 15 is 0 Å². The van der Waals surface area contributed by atoms with E-state index in [1.807, 2.05) is 30.5 Å². The zero-order valence-corrected chi connectivity index (χ0v) is 16.0. The second kappa shape index (κ2) is 8.14. The van der Waals surface area contributed by atoms with Gasteiger partial charge in [-0.25, -0.2) is 14.1 Å². The molecule has 0 fully saturated rings. The molecule has 0 unspecified atom stereocenters. The summed E-state index contributed by atoms with van der Waals surface area (Å²) in [5.41, 5.74) is 3.43. The number of hydrogen-bond acceptors (Lipinski definition) is 3. The van der Waals surface area contributed by atoms with E-state index in [-0.39, 0.29) is 12.4 Å². The third-order valence-corrected chi connectivity index (χ3v) is 4.65. The Hall–Kier alpha value is -3.67. The van der Waals surface area contributed by atoms with E-state index in [2.05, 4.69) is 9.55 Å². The number of benzene rings is 2. The van der Waals surface area contributed by atoms with Gasteiger partial charge in [0, 0.05) is 36.0 Å². The molecule has 0 aliphatic rings. The maximum absolute atomic E-state index is 13.1. The highest BCUT2D eigenvalue weighted by Crippen LogP contribution is 2.30. The fraction of sp³-hybridized carbons (Fsp3) is 0.130. The molecule has 0 radical (unpaired) electrons. The van der Waals surface area contributed by atoms with E-state index in [9.17, 15) is 9.18 Å². The topological polar surface area (TPSA) is 47.4 Å². The first kappa shape index (κ1) is 18.7. The number of fused-ring (bicyclic) bond motifs is 1. The van der Waals surface area contributed by atoms with Gasteiger partial charge in [-0.15, -0.1) is 0 Å². The van der Waals surface area contributed by atoms with Crippen LogP contribution in [-0.2, 0) is 11.3 Å². The molecule has 2 aromatic heterocycles. The van der Waals surface area contributed by atoms with Crippen molar-refractivity contribution in [2.75, 3.05) is 11.5 Å². The van der Waals surface area contributed by atoms with E-state index < -0.39 is 6.09 Å². The first-order chi connectivity index (χ1) is 14.2. The van der Waals surface area contributed by atoms with Gasteiger partial charge in [-0.2, -0.15) is 0 Å². The van der Waals surface area contributed by atoms with Crippen LogP contribution in [0.3, 0.4) is 0 Å². The summed E-state index contributed by atoms with van der Waals surface area (Å²) in [5, 5.41) is 0.993. The lowest BCUT2D eigenvalue weighted by Crippen LogP contribution is -2.26. The van der Waals surface area contributed by atoms with Gasteiger partial charge in [0.2, 0.25) is 0 Å². The minimum absolute atomic E-state index is 0.245. The molecule has 0 saturated carbocycles. The fourth-order valence-corrected chi connectivity index (χ4v) is 3.29. The van der Waals surface area contributed by atoms with E-state index in [0.29, 0.717) is 17.9 Å². The third-order valence-electron chi connectivity index (χ3n) is 4.65. The number of pyridine rings is 1. The average molecular weight is 389 g/mol. The average Bonchev–Trinajstić information content (AvgIpc) is 3.13. The van der Waals surface area contributed by atoms with Gasteiger partial charge in [-0.1, -0.05) is 12.1 Å². The number of hydrogen-bond donors (Lipinski definition) is 0. The van der Waals surface area contributed by atoms with E-state index in [0.717, 1.165) is 16.5 Å². The summed E-state index contributed by atoms with van der Waals surface area (Å²) in [5.74, 6) is -0.245. The van der Waals surface area contributed by atoms with Gasteiger partial charge < -0.3 is 9.30 Å². The van der Waals surface area contributed by atoms with Gasteiger partial charge in [0.1, 0.15) is 5.82 Å². The lowest BCUT2D eigenvalue weighted by molar-refractivity contribution is 0.162. The number of halogens is 1. The van der Waals surface area contributed by atoms with Crippen molar-refractivity contribution in [3.8, 4) is 0 Å². The number of carbonyl (C=O) groups excluding carboxylic acids is 1. The Morgan fingerprint density at radius 1 is 1.03 bits per heavy atom. The maximum Gasteiger partial charge on any atom is 0.418 e. The highest BCUT2D eigenvalue weighted by molar-refractivity contribution is 5.98.